The van der Waals surface area contributed by atoms with E-state index in [4.69, 9.17) is 4.99 Å². The number of nitrogens with one attached hydrogen (secondary N) is 1. The predicted molar refractivity (Wildman–Crippen MR) is 150 cm³/mol. The molecule has 8 heteroatoms. The monoisotopic (exact) mass is 511 g/mol. The zero-order valence-electron chi connectivity index (χ0n) is 22.5. The van der Waals surface area contributed by atoms with E-state index in [2.05, 4.69) is 81.8 Å². The number of H-pyrrole nitrogens is 1. The third-order valence-electron chi connectivity index (χ3n) is 8.42. The first-order valence-corrected chi connectivity index (χ1v) is 14.2. The summed E-state index contributed by atoms with van der Waals surface area (Å²) in [5, 5.41) is 14.9. The highest BCUT2D eigenvalue weighted by Crippen LogP contribution is 2.40. The Hall–Kier alpha value is -3.55. The van der Waals surface area contributed by atoms with Gasteiger partial charge < -0.3 is 4.90 Å². The molecular formula is C30H37N7O. The predicted octanol–water partition coefficient (Wildman–Crippen LogP) is 5.62. The lowest BCUT2D eigenvalue weighted by molar-refractivity contribution is -0.131. The number of piperidine rings is 1. The van der Waals surface area contributed by atoms with Crippen molar-refractivity contribution in [2.45, 2.75) is 77.3 Å². The molecule has 1 spiro atoms. The van der Waals surface area contributed by atoms with E-state index in [-0.39, 0.29) is 5.91 Å². The molecular weight excluding hydrogens is 474 g/mol. The Morgan fingerprint density at radius 1 is 1.05 bits per heavy atom. The van der Waals surface area contributed by atoms with Crippen LogP contribution < -0.4 is 4.90 Å². The van der Waals surface area contributed by atoms with Gasteiger partial charge in [-0.05, 0) is 78.1 Å². The van der Waals surface area contributed by atoms with Crippen LogP contribution in [0.3, 0.4) is 0 Å². The van der Waals surface area contributed by atoms with E-state index in [0.29, 0.717) is 18.3 Å². The van der Waals surface area contributed by atoms with Gasteiger partial charge >= 0.3 is 0 Å². The van der Waals surface area contributed by atoms with Crippen molar-refractivity contribution < 1.29 is 4.79 Å². The number of hydrogen-bond donors (Lipinski definition) is 1. The number of aromatic amines is 1. The van der Waals surface area contributed by atoms with Crippen molar-refractivity contribution in [2.75, 3.05) is 18.0 Å². The lowest BCUT2D eigenvalue weighted by Gasteiger charge is -2.33. The van der Waals surface area contributed by atoms with Gasteiger partial charge in [0.2, 0.25) is 5.82 Å². The second-order valence-corrected chi connectivity index (χ2v) is 11.3. The van der Waals surface area contributed by atoms with Gasteiger partial charge in [0.1, 0.15) is 11.4 Å². The molecule has 0 radical (unpaired) electrons. The zero-order valence-corrected chi connectivity index (χ0v) is 22.5. The van der Waals surface area contributed by atoms with Crippen molar-refractivity contribution >= 4 is 17.4 Å². The number of carbonyl (C=O) groups is 1. The van der Waals surface area contributed by atoms with Gasteiger partial charge in [-0.1, -0.05) is 51.0 Å². The van der Waals surface area contributed by atoms with Crippen LogP contribution in [0.4, 0.5) is 5.69 Å². The Labute approximate surface area is 224 Å². The Morgan fingerprint density at radius 3 is 2.58 bits per heavy atom. The van der Waals surface area contributed by atoms with E-state index < -0.39 is 5.54 Å². The molecule has 2 fully saturated rings. The summed E-state index contributed by atoms with van der Waals surface area (Å²) >= 11 is 0. The summed E-state index contributed by atoms with van der Waals surface area (Å²) in [6, 6.07) is 15.1. The lowest BCUT2D eigenvalue weighted by Crippen LogP contribution is -2.40. The largest absolute Gasteiger partial charge is 0.371 e. The summed E-state index contributed by atoms with van der Waals surface area (Å²) in [6.07, 6.45) is 8.31. The summed E-state index contributed by atoms with van der Waals surface area (Å²) in [4.78, 5) is 22.9. The maximum absolute atomic E-state index is 13.5. The van der Waals surface area contributed by atoms with Gasteiger partial charge in [-0.25, -0.2) is 0 Å². The molecule has 3 aliphatic rings. The number of nitrogens with zero attached hydrogens (tertiary/aromatic N) is 6. The van der Waals surface area contributed by atoms with Crippen molar-refractivity contribution in [3.63, 3.8) is 0 Å². The number of aromatic nitrogens is 4. The van der Waals surface area contributed by atoms with Gasteiger partial charge in [-0.3, -0.25) is 14.7 Å². The number of hydrogen-bond acceptors (Lipinski definition) is 6. The smallest absolute Gasteiger partial charge is 0.256 e. The molecule has 2 aromatic carbocycles. The number of amidine groups is 1. The van der Waals surface area contributed by atoms with E-state index in [0.717, 1.165) is 79.7 Å². The Kier molecular flexibility index (Phi) is 6.72. The van der Waals surface area contributed by atoms with Crippen molar-refractivity contribution in [3.8, 4) is 22.5 Å². The molecule has 198 valence electrons. The zero-order chi connectivity index (χ0) is 26.1. The molecule has 1 unspecified atom stereocenters. The first kappa shape index (κ1) is 24.8. The van der Waals surface area contributed by atoms with Crippen LogP contribution in [0.5, 0.6) is 0 Å². The molecule has 1 saturated heterocycles. The van der Waals surface area contributed by atoms with Gasteiger partial charge in [0.05, 0.1) is 6.54 Å². The van der Waals surface area contributed by atoms with Crippen molar-refractivity contribution in [3.05, 3.63) is 48.0 Å². The first-order chi connectivity index (χ1) is 18.6. The molecule has 6 rings (SSSR count). The molecule has 1 N–H and O–H groups in total. The SMILES string of the molecule is CCCC1=NC2(CCCC2)C(=O)N1Cc1ccc(-c2cc(N3CCCC(C)C3)ccc2-c2nn[nH]n2)cc1. The van der Waals surface area contributed by atoms with Crippen molar-refractivity contribution in [1.82, 2.24) is 25.5 Å². The number of aliphatic imine (C=N–C) groups is 1. The Bertz CT molecular complexity index is 1310. The molecule has 1 atom stereocenters. The van der Waals surface area contributed by atoms with E-state index in [9.17, 15) is 4.79 Å². The fraction of sp³-hybridized carbons (Fsp3) is 0.500. The number of anilines is 1. The average Bonchev–Trinajstić information content (AvgIpc) is 3.69. The Morgan fingerprint density at radius 2 is 1.87 bits per heavy atom. The van der Waals surface area contributed by atoms with Gasteiger partial charge in [-0.2, -0.15) is 5.21 Å². The molecule has 8 nitrogen and oxygen atoms in total. The molecule has 1 saturated carbocycles. The van der Waals surface area contributed by atoms with Crippen LogP contribution in [0.2, 0.25) is 0 Å². The number of carbonyl (C=O) groups excluding carboxylic acids is 1. The normalized spacial score (nSPS) is 20.9. The number of benzene rings is 2. The van der Waals surface area contributed by atoms with Crippen LogP contribution in [0.1, 0.15) is 70.8 Å². The Balaban J connectivity index is 1.28. The highest BCUT2D eigenvalue weighted by Gasteiger charge is 2.49. The molecule has 3 heterocycles. The van der Waals surface area contributed by atoms with Crippen molar-refractivity contribution in [1.29, 1.82) is 0 Å². The maximum atomic E-state index is 13.5. The van der Waals surface area contributed by atoms with Gasteiger partial charge in [0.15, 0.2) is 0 Å². The van der Waals surface area contributed by atoms with Gasteiger partial charge in [0.25, 0.3) is 5.91 Å². The molecule has 0 bridgehead atoms. The number of tetrazole rings is 1. The summed E-state index contributed by atoms with van der Waals surface area (Å²) in [6.45, 7) is 7.21. The van der Waals surface area contributed by atoms with Crippen LogP contribution in [0.25, 0.3) is 22.5 Å². The molecule has 1 amide bonds. The summed E-state index contributed by atoms with van der Waals surface area (Å²) in [5.41, 5.74) is 4.99. The topological polar surface area (TPSA) is 90.4 Å². The van der Waals surface area contributed by atoms with Crippen LogP contribution in [0.15, 0.2) is 47.5 Å². The minimum atomic E-state index is -0.490. The third-order valence-corrected chi connectivity index (χ3v) is 8.42. The van der Waals surface area contributed by atoms with E-state index in [1.807, 2.05) is 4.90 Å². The van der Waals surface area contributed by atoms with E-state index in [1.165, 1.54) is 18.5 Å². The second-order valence-electron chi connectivity index (χ2n) is 11.3. The van der Waals surface area contributed by atoms with Crippen LogP contribution in [-0.4, -0.2) is 55.9 Å². The fourth-order valence-electron chi connectivity index (χ4n) is 6.42. The molecule has 1 aromatic heterocycles. The third kappa shape index (κ3) is 4.61. The fourth-order valence-corrected chi connectivity index (χ4v) is 6.42. The maximum Gasteiger partial charge on any atom is 0.256 e. The molecule has 38 heavy (non-hydrogen) atoms. The summed E-state index contributed by atoms with van der Waals surface area (Å²) in [7, 11) is 0. The van der Waals surface area contributed by atoms with Crippen LogP contribution in [-0.2, 0) is 11.3 Å². The van der Waals surface area contributed by atoms with Crippen LogP contribution in [0, 0.1) is 5.92 Å². The molecule has 3 aromatic rings. The van der Waals surface area contributed by atoms with E-state index >= 15 is 0 Å². The van der Waals surface area contributed by atoms with Crippen LogP contribution >= 0.6 is 0 Å². The second kappa shape index (κ2) is 10.3. The first-order valence-electron chi connectivity index (χ1n) is 14.2. The average molecular weight is 512 g/mol. The van der Waals surface area contributed by atoms with Gasteiger partial charge in [-0.15, -0.1) is 10.2 Å². The highest BCUT2D eigenvalue weighted by atomic mass is 16.2. The number of rotatable bonds is 7. The number of amides is 1. The molecule has 1 aliphatic carbocycles. The highest BCUT2D eigenvalue weighted by molar-refractivity contribution is 6.08. The lowest BCUT2D eigenvalue weighted by atomic mass is 9.95. The minimum absolute atomic E-state index is 0.199. The van der Waals surface area contributed by atoms with Gasteiger partial charge in [0, 0.05) is 30.8 Å². The quantitative estimate of drug-likeness (QED) is 0.444. The standard InChI is InChI=1S/C30H37N7O/c1-3-7-27-31-30(15-4-5-16-30)29(38)37(27)20-22-9-11-23(12-10-22)26-18-24(36-17-6-8-21(2)19-36)13-14-25(26)28-32-34-35-33-28/h9-14,18,21H,3-8,15-17,19-20H2,1-2H3,(H,32,33,34,35). The summed E-state index contributed by atoms with van der Waals surface area (Å²) < 4.78 is 0. The minimum Gasteiger partial charge on any atom is -0.371 e. The van der Waals surface area contributed by atoms with Crippen molar-refractivity contribution in [2.24, 2.45) is 10.9 Å². The summed E-state index contributed by atoms with van der Waals surface area (Å²) in [5.74, 6) is 2.45. The van der Waals surface area contributed by atoms with E-state index in [1.54, 1.807) is 0 Å². The molecule has 2 aliphatic heterocycles.